The highest BCUT2D eigenvalue weighted by atomic mass is 16.5. The molecule has 0 aliphatic carbocycles. The number of rotatable bonds is 3. The summed E-state index contributed by atoms with van der Waals surface area (Å²) in [6, 6.07) is 41.1. The molecule has 6 heteroatoms. The van der Waals surface area contributed by atoms with Gasteiger partial charge in [0.15, 0.2) is 0 Å². The van der Waals surface area contributed by atoms with E-state index in [2.05, 4.69) is 64.5 Å². The zero-order valence-electron chi connectivity index (χ0n) is 21.8. The van der Waals surface area contributed by atoms with Crippen LogP contribution in [-0.4, -0.2) is 11.7 Å². The molecular weight excluding hydrogens is 507 g/mol. The van der Waals surface area contributed by atoms with Crippen LogP contribution in [0.5, 0.6) is 23.0 Å². The van der Waals surface area contributed by atoms with Crippen molar-refractivity contribution in [1.82, 2.24) is 4.98 Å². The molecule has 0 spiro atoms. The van der Waals surface area contributed by atoms with Crippen molar-refractivity contribution in [3.05, 3.63) is 128 Å². The van der Waals surface area contributed by atoms with Crippen molar-refractivity contribution in [2.75, 3.05) is 4.90 Å². The maximum atomic E-state index is 6.56. The van der Waals surface area contributed by atoms with E-state index in [-0.39, 0.29) is 6.71 Å². The van der Waals surface area contributed by atoms with E-state index < -0.39 is 0 Å². The Balaban J connectivity index is 1.23. The largest absolute Gasteiger partial charge is 0.458 e. The molecule has 0 saturated carbocycles. The van der Waals surface area contributed by atoms with E-state index in [9.17, 15) is 0 Å². The summed E-state index contributed by atoms with van der Waals surface area (Å²) in [6.07, 6.45) is 1.81. The number of hydrogen-bond acceptors (Lipinski definition) is 5. The Morgan fingerprint density at radius 3 is 2.15 bits per heavy atom. The van der Waals surface area contributed by atoms with Crippen LogP contribution >= 0.6 is 0 Å². The molecule has 0 bridgehead atoms. The van der Waals surface area contributed by atoms with Gasteiger partial charge in [0, 0.05) is 34.2 Å². The third-order valence-electron chi connectivity index (χ3n) is 8.03. The van der Waals surface area contributed by atoms with Crippen molar-refractivity contribution < 1.29 is 13.9 Å². The van der Waals surface area contributed by atoms with Gasteiger partial charge in [-0.3, -0.25) is 4.90 Å². The van der Waals surface area contributed by atoms with Crippen LogP contribution in [0.4, 0.5) is 17.2 Å². The van der Waals surface area contributed by atoms with Gasteiger partial charge >= 0.3 is 0 Å². The van der Waals surface area contributed by atoms with Gasteiger partial charge in [0.25, 0.3) is 6.71 Å². The molecule has 5 nitrogen and oxygen atoms in total. The van der Waals surface area contributed by atoms with Gasteiger partial charge in [-0.05, 0) is 77.7 Å². The molecule has 7 aromatic rings. The summed E-state index contributed by atoms with van der Waals surface area (Å²) < 4.78 is 19.3. The summed E-state index contributed by atoms with van der Waals surface area (Å²) in [6.45, 7) is 0.000741. The maximum absolute atomic E-state index is 6.56. The Kier molecular flexibility index (Phi) is 4.63. The standard InChI is InChI=1S/C35H21BN2O3/c1-2-9-22(10-3-1)38(34-15-6-7-18-37-34)23-16-17-24-25-20-33-27(21-32(25)41-31(24)19-23)36-26-11-4-5-12-28(26)39-29-13-8-14-30(40-33)35(29)36/h1-21H. The van der Waals surface area contributed by atoms with Crippen LogP contribution in [0.3, 0.4) is 0 Å². The molecule has 0 N–H and O–H groups in total. The van der Waals surface area contributed by atoms with Crippen LogP contribution in [0.15, 0.2) is 132 Å². The summed E-state index contributed by atoms with van der Waals surface area (Å²) in [7, 11) is 0. The van der Waals surface area contributed by atoms with Crippen molar-refractivity contribution in [3.63, 3.8) is 0 Å². The molecule has 0 atom stereocenters. The van der Waals surface area contributed by atoms with Crippen LogP contribution in [-0.2, 0) is 0 Å². The molecule has 0 fully saturated rings. The SMILES string of the molecule is c1ccc(N(c2ccc3c(c2)oc2cc4c(cc23)Oc2cccc3c2B4c2ccccc2O3)c2ccccn2)cc1. The monoisotopic (exact) mass is 528 g/mol. The Morgan fingerprint density at radius 1 is 0.537 bits per heavy atom. The lowest BCUT2D eigenvalue weighted by Crippen LogP contribution is -2.57. The van der Waals surface area contributed by atoms with E-state index in [1.807, 2.05) is 72.9 Å². The second-order valence-electron chi connectivity index (χ2n) is 10.4. The minimum atomic E-state index is 0.000741. The number of anilines is 3. The van der Waals surface area contributed by atoms with Crippen LogP contribution in [0.1, 0.15) is 0 Å². The van der Waals surface area contributed by atoms with Crippen molar-refractivity contribution in [1.29, 1.82) is 0 Å². The van der Waals surface area contributed by atoms with Crippen LogP contribution in [0, 0.1) is 0 Å². The minimum absolute atomic E-state index is 0.000741. The molecule has 41 heavy (non-hydrogen) atoms. The highest BCUT2D eigenvalue weighted by Crippen LogP contribution is 2.40. The van der Waals surface area contributed by atoms with Crippen LogP contribution in [0.25, 0.3) is 21.9 Å². The first-order valence-corrected chi connectivity index (χ1v) is 13.7. The normalized spacial score (nSPS) is 12.7. The molecule has 2 aliphatic heterocycles. The average Bonchev–Trinajstić information content (AvgIpc) is 3.38. The summed E-state index contributed by atoms with van der Waals surface area (Å²) in [5, 5.41) is 2.06. The van der Waals surface area contributed by atoms with E-state index >= 15 is 0 Å². The van der Waals surface area contributed by atoms with Gasteiger partial charge in [0.2, 0.25) is 0 Å². The Hall–Kier alpha value is -5.49. The van der Waals surface area contributed by atoms with Gasteiger partial charge in [-0.15, -0.1) is 0 Å². The molecule has 4 heterocycles. The van der Waals surface area contributed by atoms with Crippen molar-refractivity contribution in [2.24, 2.45) is 0 Å². The quantitative estimate of drug-likeness (QED) is 0.228. The summed E-state index contributed by atoms with van der Waals surface area (Å²) in [5.41, 5.74) is 6.90. The van der Waals surface area contributed by atoms with Crippen molar-refractivity contribution in [2.45, 2.75) is 0 Å². The molecule has 5 aromatic carbocycles. The molecule has 0 radical (unpaired) electrons. The van der Waals surface area contributed by atoms with Gasteiger partial charge in [-0.2, -0.15) is 0 Å². The number of nitrogens with zero attached hydrogens (tertiary/aromatic N) is 2. The fraction of sp³-hybridized carbons (Fsp3) is 0. The highest BCUT2D eigenvalue weighted by Gasteiger charge is 2.40. The zero-order chi connectivity index (χ0) is 26.9. The third kappa shape index (κ3) is 3.34. The van der Waals surface area contributed by atoms with E-state index in [0.717, 1.165) is 78.5 Å². The number of para-hydroxylation sites is 2. The molecule has 192 valence electrons. The number of aromatic nitrogens is 1. The molecule has 9 rings (SSSR count). The molecule has 0 saturated heterocycles. The van der Waals surface area contributed by atoms with E-state index in [4.69, 9.17) is 13.9 Å². The first kappa shape index (κ1) is 22.3. The van der Waals surface area contributed by atoms with Gasteiger partial charge in [0.05, 0.1) is 5.69 Å². The maximum Gasteiger partial charge on any atom is 0.260 e. The van der Waals surface area contributed by atoms with Gasteiger partial charge in [-0.25, -0.2) is 4.98 Å². The van der Waals surface area contributed by atoms with Gasteiger partial charge in [-0.1, -0.05) is 48.5 Å². The second kappa shape index (κ2) is 8.51. The van der Waals surface area contributed by atoms with Crippen molar-refractivity contribution in [3.8, 4) is 23.0 Å². The lowest BCUT2D eigenvalue weighted by molar-refractivity contribution is 0.465. The molecular formula is C35H21BN2O3. The summed E-state index contributed by atoms with van der Waals surface area (Å²) >= 11 is 0. The number of benzene rings is 5. The molecule has 2 aromatic heterocycles. The topological polar surface area (TPSA) is 47.7 Å². The number of ether oxygens (including phenoxy) is 2. The first-order valence-electron chi connectivity index (χ1n) is 13.7. The number of fused-ring (bicyclic) bond motifs is 7. The van der Waals surface area contributed by atoms with Crippen LogP contribution < -0.4 is 30.8 Å². The third-order valence-corrected chi connectivity index (χ3v) is 8.03. The van der Waals surface area contributed by atoms with E-state index in [1.54, 1.807) is 0 Å². The lowest BCUT2D eigenvalue weighted by atomic mass is 9.35. The van der Waals surface area contributed by atoms with Crippen LogP contribution in [0.2, 0.25) is 0 Å². The number of furan rings is 1. The number of pyridine rings is 1. The Morgan fingerprint density at radius 2 is 1.29 bits per heavy atom. The minimum Gasteiger partial charge on any atom is -0.458 e. The lowest BCUT2D eigenvalue weighted by Gasteiger charge is -2.32. The fourth-order valence-corrected chi connectivity index (χ4v) is 6.25. The summed E-state index contributed by atoms with van der Waals surface area (Å²) in [5.74, 6) is 4.22. The molecule has 0 amide bonds. The molecule has 0 unspecified atom stereocenters. The average molecular weight is 528 g/mol. The van der Waals surface area contributed by atoms with Gasteiger partial charge < -0.3 is 13.9 Å². The highest BCUT2D eigenvalue weighted by molar-refractivity contribution is 6.98. The van der Waals surface area contributed by atoms with Gasteiger partial charge in [0.1, 0.15) is 40.0 Å². The predicted octanol–water partition coefficient (Wildman–Crippen LogP) is 7.18. The van der Waals surface area contributed by atoms with E-state index in [1.165, 1.54) is 0 Å². The smallest absolute Gasteiger partial charge is 0.260 e. The first-order chi connectivity index (χ1) is 20.3. The zero-order valence-corrected chi connectivity index (χ0v) is 21.8. The van der Waals surface area contributed by atoms with Crippen molar-refractivity contribution >= 4 is 62.2 Å². The number of hydrogen-bond donors (Lipinski definition) is 0. The molecule has 2 aliphatic rings. The Labute approximate surface area is 236 Å². The summed E-state index contributed by atoms with van der Waals surface area (Å²) in [4.78, 5) is 6.78. The van der Waals surface area contributed by atoms with E-state index in [0.29, 0.717) is 0 Å². The fourth-order valence-electron chi connectivity index (χ4n) is 6.25. The predicted molar refractivity (Wildman–Crippen MR) is 164 cm³/mol. The second-order valence-corrected chi connectivity index (χ2v) is 10.4. The Bertz CT molecular complexity index is 2090.